The Morgan fingerprint density at radius 2 is 2.14 bits per heavy atom. The highest BCUT2D eigenvalue weighted by Crippen LogP contribution is 2.18. The van der Waals surface area contributed by atoms with E-state index < -0.39 is 21.4 Å². The first-order valence-electron chi connectivity index (χ1n) is 6.89. The lowest BCUT2D eigenvalue weighted by Gasteiger charge is -2.11. The first-order valence-corrected chi connectivity index (χ1v) is 8.71. The van der Waals surface area contributed by atoms with Crippen LogP contribution in [0.15, 0.2) is 24.4 Å². The average molecular weight is 309 g/mol. The van der Waals surface area contributed by atoms with E-state index in [9.17, 15) is 12.8 Å². The highest BCUT2D eigenvalue weighted by Gasteiger charge is 2.20. The van der Waals surface area contributed by atoms with Gasteiger partial charge in [-0.1, -0.05) is 0 Å². The number of rotatable bonds is 4. The number of sulfone groups is 1. The van der Waals surface area contributed by atoms with Crippen LogP contribution in [0.2, 0.25) is 0 Å². The normalized spacial score (nSPS) is 14.9. The molecule has 0 unspecified atom stereocenters. The van der Waals surface area contributed by atoms with Gasteiger partial charge >= 0.3 is 0 Å². The molecule has 21 heavy (non-hydrogen) atoms. The summed E-state index contributed by atoms with van der Waals surface area (Å²) in [7, 11) is -3.49. The minimum absolute atomic E-state index is 0.0403. The Morgan fingerprint density at radius 3 is 2.90 bits per heavy atom. The van der Waals surface area contributed by atoms with E-state index >= 15 is 0 Å². The second-order valence-corrected chi connectivity index (χ2v) is 7.34. The Hall–Kier alpha value is -1.76. The van der Waals surface area contributed by atoms with Gasteiger partial charge in [-0.05, 0) is 37.5 Å². The number of aromatic nitrogens is 3. The number of aryl methyl sites for hydroxylation is 2. The third-order valence-corrected chi connectivity index (χ3v) is 4.97. The molecule has 0 fully saturated rings. The van der Waals surface area contributed by atoms with E-state index in [0.29, 0.717) is 5.69 Å². The van der Waals surface area contributed by atoms with Crippen LogP contribution >= 0.6 is 0 Å². The molecule has 5 nitrogen and oxygen atoms in total. The second-order valence-electron chi connectivity index (χ2n) is 5.27. The number of hydrogen-bond acceptors (Lipinski definition) is 4. The Bertz CT molecular complexity index is 732. The summed E-state index contributed by atoms with van der Waals surface area (Å²) >= 11 is 0. The molecule has 1 aliphatic rings. The molecule has 2 aromatic heterocycles. The van der Waals surface area contributed by atoms with Crippen molar-refractivity contribution in [2.24, 2.45) is 0 Å². The molecule has 0 aromatic carbocycles. The van der Waals surface area contributed by atoms with E-state index in [2.05, 4.69) is 10.1 Å². The molecule has 0 bridgehead atoms. The third kappa shape index (κ3) is 3.29. The molecule has 0 N–H and O–H groups in total. The van der Waals surface area contributed by atoms with Crippen LogP contribution in [0.1, 0.15) is 29.9 Å². The monoisotopic (exact) mass is 309 g/mol. The minimum atomic E-state index is -3.49. The van der Waals surface area contributed by atoms with Gasteiger partial charge in [-0.2, -0.15) is 5.10 Å². The van der Waals surface area contributed by atoms with Gasteiger partial charge in [0.2, 0.25) is 0 Å². The zero-order chi connectivity index (χ0) is 14.9. The molecule has 3 rings (SSSR count). The first-order chi connectivity index (χ1) is 10.0. The van der Waals surface area contributed by atoms with Gasteiger partial charge < -0.3 is 0 Å². The van der Waals surface area contributed by atoms with Crippen LogP contribution in [-0.4, -0.2) is 23.2 Å². The molecular formula is C14H16FN3O2S. The minimum Gasteiger partial charge on any atom is -0.269 e. The molecule has 0 amide bonds. The summed E-state index contributed by atoms with van der Waals surface area (Å²) in [5.41, 5.74) is 1.57. The van der Waals surface area contributed by atoms with Crippen LogP contribution < -0.4 is 0 Å². The molecule has 2 aromatic rings. The van der Waals surface area contributed by atoms with Crippen LogP contribution in [0.5, 0.6) is 0 Å². The molecule has 1 aliphatic heterocycles. The Kier molecular flexibility index (Phi) is 3.75. The summed E-state index contributed by atoms with van der Waals surface area (Å²) in [4.78, 5) is 3.79. The standard InChI is InChI=1S/C14H16FN3O2S/c15-13-5-3-6-16-14(13)10-21(19,20)9-11-8-12-4-1-2-7-18(12)17-11/h3,5-6,8H,1-2,4,7,9-10H2. The number of fused-ring (bicyclic) bond motifs is 1. The van der Waals surface area contributed by atoms with Crippen LogP contribution in [0.25, 0.3) is 0 Å². The van der Waals surface area contributed by atoms with E-state index in [-0.39, 0.29) is 11.4 Å². The maximum Gasteiger partial charge on any atom is 0.161 e. The van der Waals surface area contributed by atoms with Crippen molar-refractivity contribution >= 4 is 9.84 Å². The number of hydrogen-bond donors (Lipinski definition) is 0. The summed E-state index contributed by atoms with van der Waals surface area (Å²) in [6.07, 6.45) is 4.50. The molecule has 0 aliphatic carbocycles. The SMILES string of the molecule is O=S(=O)(Cc1cc2n(n1)CCCC2)Cc1ncccc1F. The Labute approximate surface area is 122 Å². The second kappa shape index (κ2) is 5.55. The predicted molar refractivity (Wildman–Crippen MR) is 75.7 cm³/mol. The summed E-state index contributed by atoms with van der Waals surface area (Å²) in [6.45, 7) is 0.838. The maximum absolute atomic E-state index is 13.5. The van der Waals surface area contributed by atoms with E-state index in [4.69, 9.17) is 0 Å². The third-order valence-electron chi connectivity index (χ3n) is 3.53. The van der Waals surface area contributed by atoms with Gasteiger partial charge in [0.25, 0.3) is 0 Å². The quantitative estimate of drug-likeness (QED) is 0.865. The summed E-state index contributed by atoms with van der Waals surface area (Å²) in [5, 5.41) is 4.32. The van der Waals surface area contributed by atoms with Crippen molar-refractivity contribution < 1.29 is 12.8 Å². The largest absolute Gasteiger partial charge is 0.269 e. The zero-order valence-electron chi connectivity index (χ0n) is 11.5. The molecule has 0 saturated heterocycles. The van der Waals surface area contributed by atoms with Gasteiger partial charge in [0, 0.05) is 18.4 Å². The molecule has 7 heteroatoms. The Morgan fingerprint density at radius 1 is 1.29 bits per heavy atom. The average Bonchev–Trinajstić information content (AvgIpc) is 2.82. The smallest absolute Gasteiger partial charge is 0.161 e. The van der Waals surface area contributed by atoms with Crippen molar-refractivity contribution in [3.8, 4) is 0 Å². The molecule has 0 spiro atoms. The van der Waals surface area contributed by atoms with Crippen LogP contribution in [-0.2, 0) is 34.3 Å². The van der Waals surface area contributed by atoms with Crippen molar-refractivity contribution in [2.75, 3.05) is 0 Å². The van der Waals surface area contributed by atoms with Crippen LogP contribution in [0.3, 0.4) is 0 Å². The van der Waals surface area contributed by atoms with Gasteiger partial charge in [-0.15, -0.1) is 0 Å². The molecule has 3 heterocycles. The van der Waals surface area contributed by atoms with Gasteiger partial charge in [-0.25, -0.2) is 12.8 Å². The number of pyridine rings is 1. The fourth-order valence-corrected chi connectivity index (χ4v) is 3.88. The molecular weight excluding hydrogens is 293 g/mol. The van der Waals surface area contributed by atoms with E-state index in [0.717, 1.165) is 31.5 Å². The van der Waals surface area contributed by atoms with Crippen LogP contribution in [0, 0.1) is 5.82 Å². The van der Waals surface area contributed by atoms with Crippen LogP contribution in [0.4, 0.5) is 4.39 Å². The molecule has 0 saturated carbocycles. The number of nitrogens with zero attached hydrogens (tertiary/aromatic N) is 3. The van der Waals surface area contributed by atoms with E-state index in [1.807, 2.05) is 10.7 Å². The number of halogens is 1. The van der Waals surface area contributed by atoms with Gasteiger partial charge in [-0.3, -0.25) is 9.67 Å². The maximum atomic E-state index is 13.5. The highest BCUT2D eigenvalue weighted by atomic mass is 32.2. The molecule has 112 valence electrons. The highest BCUT2D eigenvalue weighted by molar-refractivity contribution is 7.89. The lowest BCUT2D eigenvalue weighted by atomic mass is 10.1. The van der Waals surface area contributed by atoms with E-state index in [1.54, 1.807) is 0 Å². The summed E-state index contributed by atoms with van der Waals surface area (Å²) in [6, 6.07) is 4.49. The predicted octanol–water partition coefficient (Wildman–Crippen LogP) is 1.87. The fourth-order valence-electron chi connectivity index (χ4n) is 2.56. The topological polar surface area (TPSA) is 64.8 Å². The molecule has 0 radical (unpaired) electrons. The lowest BCUT2D eigenvalue weighted by molar-refractivity contribution is 0.484. The lowest BCUT2D eigenvalue weighted by Crippen LogP contribution is -2.12. The van der Waals surface area contributed by atoms with Gasteiger partial charge in [0.05, 0.1) is 22.9 Å². The first kappa shape index (κ1) is 14.2. The van der Waals surface area contributed by atoms with Crippen molar-refractivity contribution in [1.29, 1.82) is 0 Å². The zero-order valence-corrected chi connectivity index (χ0v) is 12.3. The van der Waals surface area contributed by atoms with Gasteiger partial charge in [0.1, 0.15) is 5.82 Å². The Balaban J connectivity index is 1.77. The fraction of sp³-hybridized carbons (Fsp3) is 0.429. The van der Waals surface area contributed by atoms with Crippen molar-refractivity contribution in [1.82, 2.24) is 14.8 Å². The van der Waals surface area contributed by atoms with Gasteiger partial charge in [0.15, 0.2) is 9.84 Å². The van der Waals surface area contributed by atoms with Crippen molar-refractivity contribution in [3.63, 3.8) is 0 Å². The van der Waals surface area contributed by atoms with Crippen molar-refractivity contribution in [3.05, 3.63) is 47.3 Å². The summed E-state index contributed by atoms with van der Waals surface area (Å²) in [5.74, 6) is -1.17. The summed E-state index contributed by atoms with van der Waals surface area (Å²) < 4.78 is 39.7. The molecule has 0 atom stereocenters. The van der Waals surface area contributed by atoms with E-state index in [1.165, 1.54) is 18.3 Å². The van der Waals surface area contributed by atoms with Crippen molar-refractivity contribution in [2.45, 2.75) is 37.3 Å².